The predicted octanol–water partition coefficient (Wildman–Crippen LogP) is 3.69. The van der Waals surface area contributed by atoms with E-state index in [0.29, 0.717) is 16.3 Å². The van der Waals surface area contributed by atoms with Gasteiger partial charge in [0.05, 0.1) is 18.7 Å². The van der Waals surface area contributed by atoms with Gasteiger partial charge in [-0.05, 0) is 23.3 Å². The normalized spacial score (nSPS) is 11.9. The van der Waals surface area contributed by atoms with Crippen LogP contribution >= 0.6 is 11.6 Å². The molecular weight excluding hydrogens is 292 g/mol. The number of carboxylic acid groups (broad SMARTS) is 1. The molecule has 0 fully saturated rings. The first-order valence-electron chi connectivity index (χ1n) is 6.33. The van der Waals surface area contributed by atoms with Crippen molar-refractivity contribution in [1.82, 2.24) is 0 Å². The van der Waals surface area contributed by atoms with Gasteiger partial charge < -0.3 is 14.6 Å². The average molecular weight is 307 g/mol. The zero-order valence-electron chi connectivity index (χ0n) is 11.5. The molecule has 1 N–H and O–H groups in total. The molecule has 2 rings (SSSR count). The van der Waals surface area contributed by atoms with Crippen LogP contribution in [0.1, 0.15) is 17.2 Å². The molecule has 4 nitrogen and oxygen atoms in total. The van der Waals surface area contributed by atoms with Crippen molar-refractivity contribution in [2.75, 3.05) is 7.11 Å². The van der Waals surface area contributed by atoms with Gasteiger partial charge >= 0.3 is 5.97 Å². The average Bonchev–Trinajstić information content (AvgIpc) is 2.48. The lowest BCUT2D eigenvalue weighted by atomic mass is 10.1. The Kier molecular flexibility index (Phi) is 5.20. The summed E-state index contributed by atoms with van der Waals surface area (Å²) in [5.41, 5.74) is 1.38. The summed E-state index contributed by atoms with van der Waals surface area (Å²) in [6, 6.07) is 14.0. The third-order valence-corrected chi connectivity index (χ3v) is 3.25. The van der Waals surface area contributed by atoms with E-state index in [2.05, 4.69) is 0 Å². The van der Waals surface area contributed by atoms with Crippen LogP contribution in [0.15, 0.2) is 48.5 Å². The number of hydrogen-bond donors (Lipinski definition) is 1. The molecule has 0 aromatic heterocycles. The van der Waals surface area contributed by atoms with Crippen molar-refractivity contribution >= 4 is 17.6 Å². The van der Waals surface area contributed by atoms with Crippen LogP contribution in [0.2, 0.25) is 5.02 Å². The summed E-state index contributed by atoms with van der Waals surface area (Å²) in [5, 5.41) is 9.73. The van der Waals surface area contributed by atoms with Gasteiger partial charge in [-0.3, -0.25) is 0 Å². The number of carbonyl (C=O) groups is 1. The number of ether oxygens (including phenoxy) is 2. The lowest BCUT2D eigenvalue weighted by Crippen LogP contribution is -2.15. The maximum absolute atomic E-state index is 11.3. The van der Waals surface area contributed by atoms with Gasteiger partial charge in [0.2, 0.25) is 0 Å². The first-order valence-corrected chi connectivity index (χ1v) is 6.71. The molecule has 0 radical (unpaired) electrons. The minimum Gasteiger partial charge on any atom is -0.495 e. The second kappa shape index (κ2) is 7.11. The van der Waals surface area contributed by atoms with Crippen molar-refractivity contribution in [2.24, 2.45) is 0 Å². The maximum Gasteiger partial charge on any atom is 0.337 e. The van der Waals surface area contributed by atoms with E-state index < -0.39 is 12.1 Å². The number of benzene rings is 2. The zero-order chi connectivity index (χ0) is 15.2. The fraction of sp³-hybridized carbons (Fsp3) is 0.188. The highest BCUT2D eigenvalue weighted by Gasteiger charge is 2.20. The van der Waals surface area contributed by atoms with E-state index in [1.165, 1.54) is 7.11 Å². The Bertz CT molecular complexity index is 613. The number of aliphatic carboxylic acids is 1. The highest BCUT2D eigenvalue weighted by Crippen LogP contribution is 2.26. The summed E-state index contributed by atoms with van der Waals surface area (Å²) < 4.78 is 10.6. The summed E-state index contributed by atoms with van der Waals surface area (Å²) in [7, 11) is 1.53. The van der Waals surface area contributed by atoms with E-state index in [9.17, 15) is 9.90 Å². The molecule has 2 aromatic carbocycles. The Morgan fingerprint density at radius 2 is 1.95 bits per heavy atom. The zero-order valence-corrected chi connectivity index (χ0v) is 12.2. The van der Waals surface area contributed by atoms with Crippen LogP contribution in [0.5, 0.6) is 5.75 Å². The van der Waals surface area contributed by atoms with Gasteiger partial charge in [-0.25, -0.2) is 4.79 Å². The molecule has 5 heteroatoms. The van der Waals surface area contributed by atoms with Crippen LogP contribution in [0.4, 0.5) is 0 Å². The third-order valence-electron chi connectivity index (χ3n) is 2.96. The van der Waals surface area contributed by atoms with Gasteiger partial charge in [-0.2, -0.15) is 0 Å². The Morgan fingerprint density at radius 3 is 2.52 bits per heavy atom. The number of hydrogen-bond acceptors (Lipinski definition) is 3. The Labute approximate surface area is 127 Å². The largest absolute Gasteiger partial charge is 0.495 e. The monoisotopic (exact) mass is 306 g/mol. The van der Waals surface area contributed by atoms with E-state index in [1.807, 2.05) is 6.07 Å². The molecule has 2 aromatic rings. The third kappa shape index (κ3) is 3.97. The summed E-state index contributed by atoms with van der Waals surface area (Å²) >= 11 is 6.03. The maximum atomic E-state index is 11.3. The minimum atomic E-state index is -1.03. The second-order valence-electron chi connectivity index (χ2n) is 4.41. The van der Waals surface area contributed by atoms with Crippen LogP contribution < -0.4 is 4.74 Å². The molecule has 0 aliphatic heterocycles. The first-order chi connectivity index (χ1) is 10.1. The van der Waals surface area contributed by atoms with Crippen molar-refractivity contribution in [3.63, 3.8) is 0 Å². The van der Waals surface area contributed by atoms with Crippen molar-refractivity contribution in [1.29, 1.82) is 0 Å². The molecule has 0 spiro atoms. The van der Waals surface area contributed by atoms with Crippen LogP contribution in [-0.2, 0) is 16.1 Å². The molecule has 1 unspecified atom stereocenters. The lowest BCUT2D eigenvalue weighted by Gasteiger charge is -2.14. The second-order valence-corrected chi connectivity index (χ2v) is 4.82. The fourth-order valence-electron chi connectivity index (χ4n) is 1.92. The first kappa shape index (κ1) is 15.4. The van der Waals surface area contributed by atoms with Gasteiger partial charge in [0, 0.05) is 0 Å². The molecule has 0 amide bonds. The smallest absolute Gasteiger partial charge is 0.337 e. The van der Waals surface area contributed by atoms with E-state index in [-0.39, 0.29) is 6.61 Å². The number of rotatable bonds is 6. The summed E-state index contributed by atoms with van der Waals surface area (Å²) in [5.74, 6) is -0.459. The summed E-state index contributed by atoms with van der Waals surface area (Å²) in [6.07, 6.45) is -1.01. The predicted molar refractivity (Wildman–Crippen MR) is 79.6 cm³/mol. The Hall–Kier alpha value is -2.04. The van der Waals surface area contributed by atoms with Gasteiger partial charge in [0.15, 0.2) is 6.10 Å². The summed E-state index contributed by atoms with van der Waals surface area (Å²) in [4.78, 5) is 11.3. The number of halogens is 1. The van der Waals surface area contributed by atoms with Crippen LogP contribution in [-0.4, -0.2) is 18.2 Å². The molecular formula is C16H15ClO4. The minimum absolute atomic E-state index is 0.148. The number of methoxy groups -OCH3 is 1. The van der Waals surface area contributed by atoms with Crippen molar-refractivity contribution in [2.45, 2.75) is 12.7 Å². The molecule has 0 saturated carbocycles. The molecule has 0 bridgehead atoms. The molecule has 0 aliphatic rings. The fourth-order valence-corrected chi connectivity index (χ4v) is 2.20. The molecule has 21 heavy (non-hydrogen) atoms. The van der Waals surface area contributed by atoms with E-state index in [0.717, 1.165) is 5.56 Å². The van der Waals surface area contributed by atoms with Gasteiger partial charge in [0.1, 0.15) is 5.75 Å². The Morgan fingerprint density at radius 1 is 1.24 bits per heavy atom. The van der Waals surface area contributed by atoms with E-state index >= 15 is 0 Å². The molecule has 0 heterocycles. The Balaban J connectivity index is 2.09. The highest BCUT2D eigenvalue weighted by molar-refractivity contribution is 6.32. The number of carboxylic acids is 1. The van der Waals surface area contributed by atoms with Crippen molar-refractivity contribution < 1.29 is 19.4 Å². The van der Waals surface area contributed by atoms with Crippen LogP contribution in [0.25, 0.3) is 0 Å². The van der Waals surface area contributed by atoms with Gasteiger partial charge in [-0.15, -0.1) is 0 Å². The van der Waals surface area contributed by atoms with Crippen molar-refractivity contribution in [3.05, 3.63) is 64.7 Å². The van der Waals surface area contributed by atoms with Crippen molar-refractivity contribution in [3.8, 4) is 5.75 Å². The van der Waals surface area contributed by atoms with E-state index in [4.69, 9.17) is 21.1 Å². The molecule has 110 valence electrons. The van der Waals surface area contributed by atoms with Gasteiger partial charge in [0.25, 0.3) is 0 Å². The lowest BCUT2D eigenvalue weighted by molar-refractivity contribution is -0.151. The standard InChI is InChI=1S/C16H15ClO4/c1-20-14-8-7-11(9-13(14)17)10-21-15(16(18)19)12-5-3-2-4-6-12/h2-9,15H,10H2,1H3,(H,18,19). The quantitative estimate of drug-likeness (QED) is 0.884. The molecule has 1 atom stereocenters. The highest BCUT2D eigenvalue weighted by atomic mass is 35.5. The molecule has 0 aliphatic carbocycles. The van der Waals surface area contributed by atoms with Crippen LogP contribution in [0, 0.1) is 0 Å². The molecule has 0 saturated heterocycles. The van der Waals surface area contributed by atoms with Crippen LogP contribution in [0.3, 0.4) is 0 Å². The summed E-state index contributed by atoms with van der Waals surface area (Å²) in [6.45, 7) is 0.148. The van der Waals surface area contributed by atoms with E-state index in [1.54, 1.807) is 42.5 Å². The SMILES string of the molecule is COc1ccc(COC(C(=O)O)c2ccccc2)cc1Cl. The topological polar surface area (TPSA) is 55.8 Å². The van der Waals surface area contributed by atoms with Gasteiger partial charge in [-0.1, -0.05) is 48.0 Å².